The highest BCUT2D eigenvalue weighted by molar-refractivity contribution is 9.13. The van der Waals surface area contributed by atoms with Crippen molar-refractivity contribution >= 4 is 49.1 Å². The molecule has 2 nitrogen and oxygen atoms in total. The standard InChI is InChI=1S/C15H17Br2NOS/c16-11-6-12(20-14(11)17)15(19)18-13-9-2-7-1-8(4-9)5-10(13)3-7/h6-10,13H,1-5H2,(H,18,19). The van der Waals surface area contributed by atoms with Gasteiger partial charge in [0.2, 0.25) is 0 Å². The highest BCUT2D eigenvalue weighted by atomic mass is 79.9. The van der Waals surface area contributed by atoms with Crippen LogP contribution in [0, 0.1) is 23.7 Å². The van der Waals surface area contributed by atoms with Crippen LogP contribution in [0.5, 0.6) is 0 Å². The lowest BCUT2D eigenvalue weighted by molar-refractivity contribution is -0.0119. The lowest BCUT2D eigenvalue weighted by Crippen LogP contribution is -2.55. The third-order valence-corrected chi connectivity index (χ3v) is 8.65. The van der Waals surface area contributed by atoms with Gasteiger partial charge in [0.25, 0.3) is 5.91 Å². The molecule has 0 saturated heterocycles. The first-order valence-electron chi connectivity index (χ1n) is 7.36. The van der Waals surface area contributed by atoms with E-state index in [1.54, 1.807) is 0 Å². The number of nitrogens with one attached hydrogen (secondary N) is 1. The number of carbonyl (C=O) groups is 1. The number of thiophene rings is 1. The Hall–Kier alpha value is 0.130. The van der Waals surface area contributed by atoms with E-state index in [4.69, 9.17) is 0 Å². The minimum Gasteiger partial charge on any atom is -0.348 e. The van der Waals surface area contributed by atoms with Crippen LogP contribution in [-0.2, 0) is 0 Å². The second-order valence-electron chi connectivity index (χ2n) is 6.66. The van der Waals surface area contributed by atoms with Crippen LogP contribution in [0.1, 0.15) is 41.8 Å². The van der Waals surface area contributed by atoms with E-state index < -0.39 is 0 Å². The van der Waals surface area contributed by atoms with Gasteiger partial charge in [-0.1, -0.05) is 0 Å². The van der Waals surface area contributed by atoms with Crippen molar-refractivity contribution in [2.45, 2.75) is 38.1 Å². The zero-order valence-corrected chi connectivity index (χ0v) is 15.1. The molecule has 1 aromatic rings. The Morgan fingerprint density at radius 1 is 1.10 bits per heavy atom. The minimum atomic E-state index is 0.110. The van der Waals surface area contributed by atoms with E-state index in [1.165, 1.54) is 43.4 Å². The molecule has 1 aromatic heterocycles. The van der Waals surface area contributed by atoms with Crippen molar-refractivity contribution in [1.29, 1.82) is 0 Å². The van der Waals surface area contributed by atoms with E-state index in [0.717, 1.165) is 36.8 Å². The van der Waals surface area contributed by atoms with Crippen LogP contribution < -0.4 is 5.32 Å². The maximum absolute atomic E-state index is 12.5. The Balaban J connectivity index is 1.50. The summed E-state index contributed by atoms with van der Waals surface area (Å²) in [6.07, 6.45) is 6.83. The smallest absolute Gasteiger partial charge is 0.261 e. The van der Waals surface area contributed by atoms with E-state index in [9.17, 15) is 4.79 Å². The van der Waals surface area contributed by atoms with Gasteiger partial charge in [0.05, 0.1) is 8.66 Å². The van der Waals surface area contributed by atoms with Crippen LogP contribution in [0.4, 0.5) is 0 Å². The Morgan fingerprint density at radius 3 is 2.20 bits per heavy atom. The molecule has 5 heteroatoms. The number of rotatable bonds is 2. The average Bonchev–Trinajstić information content (AvgIpc) is 2.73. The van der Waals surface area contributed by atoms with Gasteiger partial charge in [0.1, 0.15) is 0 Å². The van der Waals surface area contributed by atoms with E-state index in [0.29, 0.717) is 6.04 Å². The van der Waals surface area contributed by atoms with E-state index in [1.807, 2.05) is 6.07 Å². The predicted octanol–water partition coefficient (Wildman–Crippen LogP) is 4.83. The van der Waals surface area contributed by atoms with Crippen LogP contribution in [0.2, 0.25) is 0 Å². The summed E-state index contributed by atoms with van der Waals surface area (Å²) in [4.78, 5) is 13.3. The van der Waals surface area contributed by atoms with Crippen molar-refractivity contribution in [3.8, 4) is 0 Å². The van der Waals surface area contributed by atoms with Crippen molar-refractivity contribution in [3.05, 3.63) is 19.2 Å². The molecule has 4 aliphatic carbocycles. The molecule has 20 heavy (non-hydrogen) atoms. The van der Waals surface area contributed by atoms with Crippen LogP contribution >= 0.6 is 43.2 Å². The molecule has 0 radical (unpaired) electrons. The largest absolute Gasteiger partial charge is 0.348 e. The van der Waals surface area contributed by atoms with E-state index >= 15 is 0 Å². The molecule has 0 unspecified atom stereocenters. The van der Waals surface area contributed by atoms with E-state index in [-0.39, 0.29) is 5.91 Å². The molecular formula is C15H17Br2NOS. The second kappa shape index (κ2) is 5.10. The van der Waals surface area contributed by atoms with Gasteiger partial charge >= 0.3 is 0 Å². The van der Waals surface area contributed by atoms with Crippen LogP contribution in [0.25, 0.3) is 0 Å². The molecule has 0 aliphatic heterocycles. The summed E-state index contributed by atoms with van der Waals surface area (Å²) in [7, 11) is 0. The first kappa shape index (κ1) is 13.8. The maximum Gasteiger partial charge on any atom is 0.261 e. The molecule has 4 bridgehead atoms. The Bertz CT molecular complexity index is 509. The molecular weight excluding hydrogens is 402 g/mol. The molecule has 1 N–H and O–H groups in total. The number of halogens is 2. The first-order chi connectivity index (χ1) is 9.60. The zero-order valence-electron chi connectivity index (χ0n) is 11.1. The quantitative estimate of drug-likeness (QED) is 0.732. The fourth-order valence-corrected chi connectivity index (χ4v) is 6.78. The van der Waals surface area contributed by atoms with Gasteiger partial charge in [-0.3, -0.25) is 4.79 Å². The normalized spacial score (nSPS) is 38.2. The molecule has 5 rings (SSSR count). The van der Waals surface area contributed by atoms with Crippen LogP contribution in [-0.4, -0.2) is 11.9 Å². The van der Waals surface area contributed by atoms with Gasteiger partial charge < -0.3 is 5.32 Å². The molecule has 4 saturated carbocycles. The summed E-state index contributed by atoms with van der Waals surface area (Å²) in [6.45, 7) is 0. The third kappa shape index (κ3) is 2.30. The van der Waals surface area contributed by atoms with Gasteiger partial charge in [-0.2, -0.15) is 0 Å². The SMILES string of the molecule is O=C(NC1C2CC3CC(C2)CC1C3)c1cc(Br)c(Br)s1. The fraction of sp³-hybridized carbons (Fsp3) is 0.667. The first-order valence-corrected chi connectivity index (χ1v) is 9.76. The molecule has 1 amide bonds. The van der Waals surface area contributed by atoms with Crippen molar-refractivity contribution in [3.63, 3.8) is 0 Å². The molecule has 0 aromatic carbocycles. The minimum absolute atomic E-state index is 0.110. The molecule has 4 fully saturated rings. The number of hydrogen-bond donors (Lipinski definition) is 1. The van der Waals surface area contributed by atoms with E-state index in [2.05, 4.69) is 37.2 Å². The molecule has 1 heterocycles. The van der Waals surface area contributed by atoms with Gasteiger partial charge in [-0.15, -0.1) is 11.3 Å². The van der Waals surface area contributed by atoms with Crippen molar-refractivity contribution in [2.75, 3.05) is 0 Å². The molecule has 4 aliphatic rings. The van der Waals surface area contributed by atoms with Gasteiger partial charge in [-0.05, 0) is 93.7 Å². The number of hydrogen-bond acceptors (Lipinski definition) is 2. The zero-order chi connectivity index (χ0) is 13.9. The molecule has 0 atom stereocenters. The Labute approximate surface area is 140 Å². The third-order valence-electron chi connectivity index (χ3n) is 5.39. The molecule has 0 spiro atoms. The van der Waals surface area contributed by atoms with Crippen molar-refractivity contribution in [1.82, 2.24) is 5.32 Å². The monoisotopic (exact) mass is 417 g/mol. The second-order valence-corrected chi connectivity index (χ2v) is 9.89. The lowest BCUT2D eigenvalue weighted by Gasteiger charge is -2.54. The highest BCUT2D eigenvalue weighted by Crippen LogP contribution is 2.53. The Morgan fingerprint density at radius 2 is 1.70 bits per heavy atom. The molecule has 108 valence electrons. The summed E-state index contributed by atoms with van der Waals surface area (Å²) in [5.74, 6) is 3.49. The number of amides is 1. The van der Waals surface area contributed by atoms with Gasteiger partial charge in [0, 0.05) is 10.5 Å². The summed E-state index contributed by atoms with van der Waals surface area (Å²) < 4.78 is 1.96. The summed E-state index contributed by atoms with van der Waals surface area (Å²) in [5.41, 5.74) is 0. The topological polar surface area (TPSA) is 29.1 Å². The predicted molar refractivity (Wildman–Crippen MR) is 88.0 cm³/mol. The summed E-state index contributed by atoms with van der Waals surface area (Å²) in [6, 6.07) is 2.34. The fourth-order valence-electron chi connectivity index (χ4n) is 4.84. The summed E-state index contributed by atoms with van der Waals surface area (Å²) in [5, 5.41) is 3.35. The maximum atomic E-state index is 12.5. The summed E-state index contributed by atoms with van der Waals surface area (Å²) >= 11 is 8.42. The van der Waals surface area contributed by atoms with Gasteiger partial charge in [0.15, 0.2) is 0 Å². The highest BCUT2D eigenvalue weighted by Gasteiger charge is 2.48. The Kier molecular flexibility index (Phi) is 3.51. The number of carbonyl (C=O) groups excluding carboxylic acids is 1. The lowest BCUT2D eigenvalue weighted by atomic mass is 9.54. The van der Waals surface area contributed by atoms with Gasteiger partial charge in [-0.25, -0.2) is 0 Å². The van der Waals surface area contributed by atoms with Crippen molar-refractivity contribution in [2.24, 2.45) is 23.7 Å². The van der Waals surface area contributed by atoms with Crippen LogP contribution in [0.15, 0.2) is 14.3 Å². The van der Waals surface area contributed by atoms with Crippen molar-refractivity contribution < 1.29 is 4.79 Å². The van der Waals surface area contributed by atoms with Crippen LogP contribution in [0.3, 0.4) is 0 Å². The average molecular weight is 419 g/mol.